The van der Waals surface area contributed by atoms with Crippen LogP contribution in [-0.4, -0.2) is 14.3 Å². The standard InChI is InChI=1S/C23H23N3O2/c1-17-13-22(28-16-21-11-12-25(2)24-21)14-23(27)26(17)15-20-9-7-19(8-10-20)6-5-18-3-4-18/h7-14,18H,3-4,15-16H2,1-2H3. The summed E-state index contributed by atoms with van der Waals surface area (Å²) in [5.41, 5.74) is 3.71. The van der Waals surface area contributed by atoms with Gasteiger partial charge in [0.25, 0.3) is 5.56 Å². The van der Waals surface area contributed by atoms with Crippen LogP contribution in [0.4, 0.5) is 0 Å². The SMILES string of the molecule is Cc1cc(OCc2ccn(C)n2)cc(=O)n1Cc1ccc(C#CC2CC2)cc1. The van der Waals surface area contributed by atoms with Gasteiger partial charge in [-0.15, -0.1) is 0 Å². The molecule has 1 fully saturated rings. The van der Waals surface area contributed by atoms with E-state index in [2.05, 4.69) is 16.9 Å². The van der Waals surface area contributed by atoms with E-state index in [0.717, 1.165) is 22.5 Å². The van der Waals surface area contributed by atoms with E-state index in [0.29, 0.717) is 24.8 Å². The van der Waals surface area contributed by atoms with Crippen molar-refractivity contribution in [2.45, 2.75) is 32.9 Å². The maximum absolute atomic E-state index is 12.6. The first-order valence-electron chi connectivity index (χ1n) is 9.50. The van der Waals surface area contributed by atoms with Gasteiger partial charge in [-0.3, -0.25) is 9.48 Å². The molecule has 4 rings (SSSR count). The van der Waals surface area contributed by atoms with Crippen LogP contribution in [-0.2, 0) is 20.2 Å². The zero-order valence-corrected chi connectivity index (χ0v) is 16.2. The van der Waals surface area contributed by atoms with Gasteiger partial charge < -0.3 is 9.30 Å². The molecule has 0 spiro atoms. The van der Waals surface area contributed by atoms with Crippen LogP contribution in [0.25, 0.3) is 0 Å². The molecule has 1 aliphatic carbocycles. The van der Waals surface area contributed by atoms with Crippen LogP contribution >= 0.6 is 0 Å². The molecular weight excluding hydrogens is 350 g/mol. The number of ether oxygens (including phenoxy) is 1. The minimum Gasteiger partial charge on any atom is -0.487 e. The van der Waals surface area contributed by atoms with E-state index in [1.165, 1.54) is 18.9 Å². The van der Waals surface area contributed by atoms with Crippen LogP contribution < -0.4 is 10.3 Å². The summed E-state index contributed by atoms with van der Waals surface area (Å²) in [6.45, 7) is 2.79. The van der Waals surface area contributed by atoms with E-state index in [-0.39, 0.29) is 5.56 Å². The van der Waals surface area contributed by atoms with Crippen molar-refractivity contribution in [2.24, 2.45) is 13.0 Å². The van der Waals surface area contributed by atoms with E-state index in [1.54, 1.807) is 9.25 Å². The maximum Gasteiger partial charge on any atom is 0.254 e. The number of pyridine rings is 1. The van der Waals surface area contributed by atoms with Crippen molar-refractivity contribution in [2.75, 3.05) is 0 Å². The molecule has 142 valence electrons. The Balaban J connectivity index is 1.44. The molecule has 0 saturated heterocycles. The first-order chi connectivity index (χ1) is 13.6. The van der Waals surface area contributed by atoms with E-state index >= 15 is 0 Å². The monoisotopic (exact) mass is 373 g/mol. The predicted octanol–water partition coefficient (Wildman–Crippen LogP) is 3.28. The van der Waals surface area contributed by atoms with Crippen LogP contribution in [0.2, 0.25) is 0 Å². The molecule has 3 aromatic rings. The molecule has 0 aliphatic heterocycles. The zero-order valence-electron chi connectivity index (χ0n) is 16.2. The zero-order chi connectivity index (χ0) is 19.5. The summed E-state index contributed by atoms with van der Waals surface area (Å²) in [5.74, 6) is 7.64. The number of benzene rings is 1. The summed E-state index contributed by atoms with van der Waals surface area (Å²) >= 11 is 0. The van der Waals surface area contributed by atoms with Crippen LogP contribution in [0.5, 0.6) is 5.75 Å². The lowest BCUT2D eigenvalue weighted by Gasteiger charge is -2.12. The predicted molar refractivity (Wildman–Crippen MR) is 108 cm³/mol. The molecule has 28 heavy (non-hydrogen) atoms. The molecule has 5 heteroatoms. The summed E-state index contributed by atoms with van der Waals surface area (Å²) in [4.78, 5) is 12.6. The van der Waals surface area contributed by atoms with Crippen LogP contribution in [0.3, 0.4) is 0 Å². The lowest BCUT2D eigenvalue weighted by molar-refractivity contribution is 0.298. The Morgan fingerprint density at radius 2 is 1.96 bits per heavy atom. The number of hydrogen-bond acceptors (Lipinski definition) is 3. The van der Waals surface area contributed by atoms with E-state index < -0.39 is 0 Å². The average molecular weight is 373 g/mol. The molecule has 2 aromatic heterocycles. The van der Waals surface area contributed by atoms with Crippen molar-refractivity contribution >= 4 is 0 Å². The molecule has 5 nitrogen and oxygen atoms in total. The van der Waals surface area contributed by atoms with Crippen molar-refractivity contribution in [3.05, 3.63) is 81.5 Å². The highest BCUT2D eigenvalue weighted by atomic mass is 16.5. The second-order valence-corrected chi connectivity index (χ2v) is 7.27. The summed E-state index contributed by atoms with van der Waals surface area (Å²) in [5, 5.41) is 4.28. The van der Waals surface area contributed by atoms with E-state index in [9.17, 15) is 4.79 Å². The van der Waals surface area contributed by atoms with Crippen LogP contribution in [0.15, 0.2) is 53.5 Å². The largest absolute Gasteiger partial charge is 0.487 e. The van der Waals surface area contributed by atoms with Crippen molar-refractivity contribution in [3.63, 3.8) is 0 Å². The first kappa shape index (κ1) is 18.1. The normalized spacial score (nSPS) is 13.1. The second-order valence-electron chi connectivity index (χ2n) is 7.27. The fourth-order valence-corrected chi connectivity index (χ4v) is 2.97. The number of nitrogens with zero attached hydrogens (tertiary/aromatic N) is 3. The highest BCUT2D eigenvalue weighted by Gasteiger charge is 2.17. The summed E-state index contributed by atoms with van der Waals surface area (Å²) in [6, 6.07) is 13.4. The Bertz CT molecular complexity index is 1090. The van der Waals surface area contributed by atoms with Gasteiger partial charge in [-0.05, 0) is 49.6 Å². The summed E-state index contributed by atoms with van der Waals surface area (Å²) in [6.07, 6.45) is 4.33. The Kier molecular flexibility index (Phi) is 5.03. The third kappa shape index (κ3) is 4.52. The van der Waals surface area contributed by atoms with Crippen molar-refractivity contribution < 1.29 is 4.74 Å². The van der Waals surface area contributed by atoms with Gasteiger partial charge in [0.1, 0.15) is 12.4 Å². The molecule has 1 aliphatic rings. The maximum atomic E-state index is 12.6. The third-order valence-corrected chi connectivity index (χ3v) is 4.76. The van der Waals surface area contributed by atoms with Crippen molar-refractivity contribution in [3.8, 4) is 17.6 Å². The van der Waals surface area contributed by atoms with Gasteiger partial charge in [-0.25, -0.2) is 0 Å². The summed E-state index contributed by atoms with van der Waals surface area (Å²) in [7, 11) is 1.86. The molecular formula is C23H23N3O2. The third-order valence-electron chi connectivity index (χ3n) is 4.76. The molecule has 2 heterocycles. The highest BCUT2D eigenvalue weighted by Crippen LogP contribution is 2.27. The van der Waals surface area contributed by atoms with Gasteiger partial charge in [0.15, 0.2) is 0 Å². The lowest BCUT2D eigenvalue weighted by Crippen LogP contribution is -2.22. The van der Waals surface area contributed by atoms with Gasteiger partial charge >= 0.3 is 0 Å². The molecule has 1 saturated carbocycles. The number of aromatic nitrogens is 3. The quantitative estimate of drug-likeness (QED) is 0.645. The Hall–Kier alpha value is -3.26. The van der Waals surface area contributed by atoms with Gasteiger partial charge in [-0.2, -0.15) is 5.10 Å². The Morgan fingerprint density at radius 1 is 1.18 bits per heavy atom. The summed E-state index contributed by atoms with van der Waals surface area (Å²) < 4.78 is 9.21. The molecule has 0 unspecified atom stereocenters. The topological polar surface area (TPSA) is 49.1 Å². The van der Waals surface area contributed by atoms with Gasteiger partial charge in [0, 0.05) is 36.5 Å². The molecule has 1 aromatic carbocycles. The fraction of sp³-hybridized carbons (Fsp3) is 0.304. The fourth-order valence-electron chi connectivity index (χ4n) is 2.97. The van der Waals surface area contributed by atoms with Gasteiger partial charge in [-0.1, -0.05) is 24.0 Å². The van der Waals surface area contributed by atoms with Crippen LogP contribution in [0, 0.1) is 24.7 Å². The highest BCUT2D eigenvalue weighted by molar-refractivity contribution is 5.37. The molecule has 0 amide bonds. The van der Waals surface area contributed by atoms with Crippen LogP contribution in [0.1, 0.15) is 35.4 Å². The van der Waals surface area contributed by atoms with Crippen molar-refractivity contribution in [1.29, 1.82) is 0 Å². The molecule has 0 bridgehead atoms. The molecule has 0 atom stereocenters. The molecule has 0 N–H and O–H groups in total. The minimum absolute atomic E-state index is 0.0753. The molecule has 0 radical (unpaired) electrons. The number of aryl methyl sites for hydroxylation is 2. The first-order valence-corrected chi connectivity index (χ1v) is 9.50. The van der Waals surface area contributed by atoms with Gasteiger partial charge in [0.2, 0.25) is 0 Å². The lowest BCUT2D eigenvalue weighted by atomic mass is 10.1. The average Bonchev–Trinajstić information content (AvgIpc) is 3.42. The van der Waals surface area contributed by atoms with E-state index in [1.807, 2.05) is 56.6 Å². The number of hydrogen-bond donors (Lipinski definition) is 0. The Labute approximate surface area is 164 Å². The van der Waals surface area contributed by atoms with Gasteiger partial charge in [0.05, 0.1) is 12.2 Å². The Morgan fingerprint density at radius 3 is 2.61 bits per heavy atom. The smallest absolute Gasteiger partial charge is 0.254 e. The number of rotatable bonds is 5. The van der Waals surface area contributed by atoms with E-state index in [4.69, 9.17) is 4.74 Å². The van der Waals surface area contributed by atoms with Crippen molar-refractivity contribution in [1.82, 2.24) is 14.3 Å². The second kappa shape index (κ2) is 7.77. The minimum atomic E-state index is -0.0753.